The van der Waals surface area contributed by atoms with Gasteiger partial charge < -0.3 is 43.7 Å². The van der Waals surface area contributed by atoms with Gasteiger partial charge in [0.15, 0.2) is 17.9 Å². The number of carbonyl (C=O) groups excluding carboxylic acids is 4. The Bertz CT molecular complexity index is 1840. The molecule has 0 aromatic heterocycles. The molecule has 2 aromatic carbocycles. The molecule has 15 nitrogen and oxygen atoms in total. The molecule has 3 N–H and O–H groups in total. The third kappa shape index (κ3) is 6.50. The van der Waals surface area contributed by atoms with Gasteiger partial charge in [-0.25, -0.2) is 4.79 Å². The number of fused-ring (bicyclic) bond motifs is 3. The molecule has 6 rings (SSSR count). The number of aromatic hydroxyl groups is 2. The number of hydrogen-bond donors (Lipinski definition) is 3. The van der Waals surface area contributed by atoms with Crippen LogP contribution in [-0.2, 0) is 34.9 Å². The first-order chi connectivity index (χ1) is 24.7. The van der Waals surface area contributed by atoms with Crippen molar-refractivity contribution in [3.63, 3.8) is 0 Å². The summed E-state index contributed by atoms with van der Waals surface area (Å²) >= 11 is 0. The van der Waals surface area contributed by atoms with Crippen molar-refractivity contribution in [3.05, 3.63) is 51.6 Å². The van der Waals surface area contributed by atoms with Crippen molar-refractivity contribution in [1.82, 2.24) is 4.90 Å². The number of methoxy groups -OCH3 is 1. The molecule has 0 bridgehead atoms. The standard InChI is InChI=1S/C37H42N2O13/c1-17(2)15-49-36(45)52-35-18(3)50-26(11-23(35)39-9-10-48-16-20(39)14-38)51-25-13-37(46,19(4)40)12-22-28(25)34(44)30-29(32(22)42)31(41)21-7-6-8-24(47-5)27(21)33(30)43/h6-8,17-18,20,23,25-26,35,42,44,46H,9-13,15-16H2,1-5H3/t18-,20?,23?,25-,26-,35?,37-/m0/s1. The first-order valence-corrected chi connectivity index (χ1v) is 17.2. The number of ketones is 3. The Hall–Kier alpha value is -4.59. The molecule has 3 unspecified atom stereocenters. The Morgan fingerprint density at radius 1 is 1.13 bits per heavy atom. The van der Waals surface area contributed by atoms with Crippen LogP contribution < -0.4 is 4.74 Å². The summed E-state index contributed by atoms with van der Waals surface area (Å²) in [6, 6.07) is 5.28. The zero-order valence-electron chi connectivity index (χ0n) is 29.5. The largest absolute Gasteiger partial charge is 0.508 e. The molecule has 278 valence electrons. The number of nitriles is 1. The van der Waals surface area contributed by atoms with Crippen molar-refractivity contribution in [1.29, 1.82) is 5.26 Å². The summed E-state index contributed by atoms with van der Waals surface area (Å²) in [5, 5.41) is 45.1. The number of nitrogens with zero attached hydrogens (tertiary/aromatic N) is 2. The van der Waals surface area contributed by atoms with Crippen LogP contribution in [0.1, 0.15) is 89.6 Å². The van der Waals surface area contributed by atoms with E-state index in [0.29, 0.717) is 13.2 Å². The maximum absolute atomic E-state index is 14.0. The quantitative estimate of drug-likeness (QED) is 0.225. The molecule has 2 aliphatic carbocycles. The van der Waals surface area contributed by atoms with Gasteiger partial charge in [-0.05, 0) is 25.8 Å². The van der Waals surface area contributed by atoms with Crippen LogP contribution in [0.3, 0.4) is 0 Å². The van der Waals surface area contributed by atoms with E-state index in [9.17, 15) is 39.8 Å². The van der Waals surface area contributed by atoms with Crippen LogP contribution in [0.15, 0.2) is 18.2 Å². The Morgan fingerprint density at radius 2 is 1.87 bits per heavy atom. The number of aliphatic hydroxyl groups is 1. The molecule has 2 aromatic rings. The Kier molecular flexibility index (Phi) is 10.3. The molecule has 0 spiro atoms. The number of rotatable bonds is 8. The molecule has 2 heterocycles. The summed E-state index contributed by atoms with van der Waals surface area (Å²) in [6.45, 7) is 7.44. The number of carbonyl (C=O) groups is 4. The van der Waals surface area contributed by atoms with Crippen molar-refractivity contribution in [2.75, 3.05) is 33.5 Å². The number of benzene rings is 2. The van der Waals surface area contributed by atoms with Gasteiger partial charge in [0.05, 0.1) is 67.9 Å². The minimum absolute atomic E-state index is 0.00859. The van der Waals surface area contributed by atoms with Crippen LogP contribution in [0.5, 0.6) is 17.2 Å². The van der Waals surface area contributed by atoms with Gasteiger partial charge in [0.2, 0.25) is 5.78 Å². The molecule has 2 aliphatic heterocycles. The van der Waals surface area contributed by atoms with Crippen LogP contribution in [0.4, 0.5) is 4.79 Å². The van der Waals surface area contributed by atoms with Gasteiger partial charge in [0, 0.05) is 42.5 Å². The lowest BCUT2D eigenvalue weighted by atomic mass is 9.72. The van der Waals surface area contributed by atoms with Gasteiger partial charge in [-0.15, -0.1) is 0 Å². The van der Waals surface area contributed by atoms with Crippen molar-refractivity contribution >= 4 is 23.5 Å². The van der Waals surface area contributed by atoms with E-state index in [-0.39, 0.29) is 53.6 Å². The Labute approximate surface area is 299 Å². The predicted molar refractivity (Wildman–Crippen MR) is 178 cm³/mol. The highest BCUT2D eigenvalue weighted by Crippen LogP contribution is 2.52. The lowest BCUT2D eigenvalue weighted by Gasteiger charge is -2.48. The van der Waals surface area contributed by atoms with Gasteiger partial charge in [-0.1, -0.05) is 26.0 Å². The summed E-state index contributed by atoms with van der Waals surface area (Å²) < 4.78 is 34.6. The van der Waals surface area contributed by atoms with E-state index in [4.69, 9.17) is 28.4 Å². The minimum atomic E-state index is -2.10. The van der Waals surface area contributed by atoms with E-state index in [2.05, 4.69) is 6.07 Å². The summed E-state index contributed by atoms with van der Waals surface area (Å²) in [5.41, 5.74) is -3.38. The summed E-state index contributed by atoms with van der Waals surface area (Å²) in [6.07, 6.45) is -6.01. The van der Waals surface area contributed by atoms with Crippen LogP contribution in [0.25, 0.3) is 0 Å². The van der Waals surface area contributed by atoms with Gasteiger partial charge in [-0.3, -0.25) is 19.3 Å². The first-order valence-electron chi connectivity index (χ1n) is 17.2. The maximum atomic E-state index is 14.0. The summed E-state index contributed by atoms with van der Waals surface area (Å²) in [4.78, 5) is 55.3. The first kappa shape index (κ1) is 37.2. The second kappa shape index (κ2) is 14.4. The Morgan fingerprint density at radius 3 is 2.54 bits per heavy atom. The number of phenols is 2. The molecule has 0 amide bonds. The molecule has 15 heteroatoms. The molecule has 0 radical (unpaired) electrons. The topological polar surface area (TPSA) is 211 Å². The van der Waals surface area contributed by atoms with E-state index < -0.39 is 101 Å². The molecule has 4 aliphatic rings. The summed E-state index contributed by atoms with van der Waals surface area (Å²) in [5.74, 6) is -3.35. The van der Waals surface area contributed by atoms with E-state index in [1.165, 1.54) is 32.2 Å². The zero-order valence-corrected chi connectivity index (χ0v) is 29.5. The van der Waals surface area contributed by atoms with Gasteiger partial charge in [0.25, 0.3) is 0 Å². The normalized spacial score (nSPS) is 28.7. The average Bonchev–Trinajstić information content (AvgIpc) is 3.11. The van der Waals surface area contributed by atoms with Gasteiger partial charge in [-0.2, -0.15) is 5.26 Å². The van der Waals surface area contributed by atoms with E-state index in [1.54, 1.807) is 6.92 Å². The van der Waals surface area contributed by atoms with Crippen molar-refractivity contribution < 1.29 is 62.9 Å². The Balaban J connectivity index is 1.40. The number of hydrogen-bond acceptors (Lipinski definition) is 15. The van der Waals surface area contributed by atoms with Crippen molar-refractivity contribution in [2.24, 2.45) is 5.92 Å². The van der Waals surface area contributed by atoms with E-state index in [0.717, 1.165) is 0 Å². The van der Waals surface area contributed by atoms with Crippen LogP contribution >= 0.6 is 0 Å². The number of morpholine rings is 1. The SMILES string of the molecule is COc1cccc2c1C(=O)c1c(O)c3c(c(O)c1C2=O)C[C@@](O)(C(C)=O)C[C@@H]3O[C@H]1CC(N2CCOCC2C#N)C(OC(=O)OCC(C)C)[C@H](C)O1. The molecule has 2 fully saturated rings. The zero-order chi connectivity index (χ0) is 37.6. The fraction of sp³-hybridized carbons (Fsp3) is 0.541. The molecular formula is C37H42N2O13. The molecule has 52 heavy (non-hydrogen) atoms. The maximum Gasteiger partial charge on any atom is 0.508 e. The number of ether oxygens (including phenoxy) is 6. The van der Waals surface area contributed by atoms with Crippen LogP contribution in [0, 0.1) is 17.2 Å². The minimum Gasteiger partial charge on any atom is -0.507 e. The van der Waals surface area contributed by atoms with Crippen molar-refractivity contribution in [3.8, 4) is 23.3 Å². The molecule has 0 saturated carbocycles. The monoisotopic (exact) mass is 722 g/mol. The second-order valence-corrected chi connectivity index (χ2v) is 14.0. The predicted octanol–water partition coefficient (Wildman–Crippen LogP) is 3.11. The highest BCUT2D eigenvalue weighted by atomic mass is 16.7. The van der Waals surface area contributed by atoms with E-state index in [1.807, 2.05) is 18.7 Å². The fourth-order valence-corrected chi connectivity index (χ4v) is 7.59. The van der Waals surface area contributed by atoms with Crippen molar-refractivity contribution in [2.45, 2.75) is 89.2 Å². The number of Topliss-reactive ketones (excluding diaryl/α,β-unsaturated/α-hetero) is 1. The highest BCUT2D eigenvalue weighted by Gasteiger charge is 2.51. The lowest BCUT2D eigenvalue weighted by Crippen LogP contribution is -2.61. The summed E-state index contributed by atoms with van der Waals surface area (Å²) in [7, 11) is 1.33. The highest BCUT2D eigenvalue weighted by molar-refractivity contribution is 6.31. The van der Waals surface area contributed by atoms with Gasteiger partial charge in [0.1, 0.15) is 35.0 Å². The molecule has 7 atom stereocenters. The van der Waals surface area contributed by atoms with E-state index >= 15 is 0 Å². The molecular weight excluding hydrogens is 680 g/mol. The third-order valence-electron chi connectivity index (χ3n) is 10.2. The second-order valence-electron chi connectivity index (χ2n) is 14.0. The van der Waals surface area contributed by atoms with Gasteiger partial charge >= 0.3 is 6.16 Å². The average molecular weight is 723 g/mol. The van der Waals surface area contributed by atoms with Crippen LogP contribution in [0.2, 0.25) is 0 Å². The fourth-order valence-electron chi connectivity index (χ4n) is 7.59. The number of phenolic OH excluding ortho intramolecular Hbond substituents is 2. The lowest BCUT2D eigenvalue weighted by molar-refractivity contribution is -0.263. The molecule has 2 saturated heterocycles. The third-order valence-corrected chi connectivity index (χ3v) is 10.2. The van der Waals surface area contributed by atoms with Crippen LogP contribution in [-0.4, -0.2) is 113 Å². The smallest absolute Gasteiger partial charge is 0.507 e.